The Kier molecular flexibility index (Phi) is 4.07. The summed E-state index contributed by atoms with van der Waals surface area (Å²) in [5.74, 6) is -1.22. The van der Waals surface area contributed by atoms with E-state index in [0.717, 1.165) is 0 Å². The average molecular weight is 344 g/mol. The Morgan fingerprint density at radius 2 is 2.05 bits per heavy atom. The topological polar surface area (TPSA) is 55.1 Å². The van der Waals surface area contributed by atoms with Crippen molar-refractivity contribution in [3.05, 3.63) is 57.3 Å². The number of nitrogens with two attached hydrogens (primary N) is 1. The van der Waals surface area contributed by atoms with Gasteiger partial charge in [0, 0.05) is 5.69 Å². The molecule has 19 heavy (non-hydrogen) atoms. The summed E-state index contributed by atoms with van der Waals surface area (Å²) < 4.78 is 14.0. The number of amides is 1. The Morgan fingerprint density at radius 3 is 2.79 bits per heavy atom. The molecule has 98 valence electrons. The van der Waals surface area contributed by atoms with Gasteiger partial charge in [0.1, 0.15) is 5.82 Å². The molecule has 0 aromatic heterocycles. The fourth-order valence-electron chi connectivity index (χ4n) is 1.51. The van der Waals surface area contributed by atoms with Crippen LogP contribution in [0.2, 0.25) is 5.02 Å². The van der Waals surface area contributed by atoms with E-state index in [4.69, 9.17) is 17.3 Å². The molecule has 0 heterocycles. The molecule has 6 heteroatoms. The summed E-state index contributed by atoms with van der Waals surface area (Å²) in [4.78, 5) is 12.0. The number of rotatable bonds is 2. The van der Waals surface area contributed by atoms with Gasteiger partial charge in [-0.25, -0.2) is 4.39 Å². The zero-order chi connectivity index (χ0) is 14.0. The van der Waals surface area contributed by atoms with Crippen molar-refractivity contribution in [1.82, 2.24) is 0 Å². The molecule has 0 bridgehead atoms. The van der Waals surface area contributed by atoms with Gasteiger partial charge >= 0.3 is 0 Å². The lowest BCUT2D eigenvalue weighted by Crippen LogP contribution is -2.14. The summed E-state index contributed by atoms with van der Waals surface area (Å²) >= 11 is 8.95. The van der Waals surface area contributed by atoms with Crippen LogP contribution < -0.4 is 11.1 Å². The smallest absolute Gasteiger partial charge is 0.258 e. The Hall–Kier alpha value is -1.59. The molecule has 0 unspecified atom stereocenters. The van der Waals surface area contributed by atoms with Crippen molar-refractivity contribution >= 4 is 44.8 Å². The second-order valence-electron chi connectivity index (χ2n) is 3.79. The minimum atomic E-state index is -0.625. The van der Waals surface area contributed by atoms with E-state index in [1.165, 1.54) is 18.2 Å². The van der Waals surface area contributed by atoms with Crippen molar-refractivity contribution in [2.45, 2.75) is 0 Å². The number of anilines is 2. The van der Waals surface area contributed by atoms with Gasteiger partial charge in [-0.3, -0.25) is 4.79 Å². The monoisotopic (exact) mass is 342 g/mol. The van der Waals surface area contributed by atoms with E-state index in [2.05, 4.69) is 21.2 Å². The van der Waals surface area contributed by atoms with Gasteiger partial charge in [-0.05, 0) is 46.3 Å². The molecule has 0 fully saturated rings. The number of nitrogen functional groups attached to an aromatic ring is 1. The fraction of sp³-hybridized carbons (Fsp3) is 0. The minimum Gasteiger partial charge on any atom is -0.399 e. The number of hydrogen-bond donors (Lipinski definition) is 2. The van der Waals surface area contributed by atoms with Gasteiger partial charge in [0.15, 0.2) is 0 Å². The van der Waals surface area contributed by atoms with Gasteiger partial charge in [-0.15, -0.1) is 0 Å². The average Bonchev–Trinajstić information content (AvgIpc) is 2.37. The van der Waals surface area contributed by atoms with E-state index in [9.17, 15) is 9.18 Å². The molecule has 2 rings (SSSR count). The summed E-state index contributed by atoms with van der Waals surface area (Å²) in [6.45, 7) is 0. The predicted molar refractivity (Wildman–Crippen MR) is 77.9 cm³/mol. The highest BCUT2D eigenvalue weighted by Crippen LogP contribution is 2.25. The largest absolute Gasteiger partial charge is 0.399 e. The van der Waals surface area contributed by atoms with Crippen molar-refractivity contribution in [3.8, 4) is 0 Å². The van der Waals surface area contributed by atoms with E-state index >= 15 is 0 Å². The van der Waals surface area contributed by atoms with Crippen LogP contribution in [0.3, 0.4) is 0 Å². The highest BCUT2D eigenvalue weighted by atomic mass is 79.9. The first kappa shape index (κ1) is 13.8. The van der Waals surface area contributed by atoms with E-state index in [1.807, 2.05) is 0 Å². The first-order valence-corrected chi connectivity index (χ1v) is 6.46. The lowest BCUT2D eigenvalue weighted by atomic mass is 10.2. The zero-order valence-corrected chi connectivity index (χ0v) is 11.9. The molecule has 0 aliphatic rings. The van der Waals surface area contributed by atoms with Crippen LogP contribution in [-0.2, 0) is 0 Å². The van der Waals surface area contributed by atoms with Crippen molar-refractivity contribution in [2.24, 2.45) is 0 Å². The number of benzene rings is 2. The molecule has 0 aliphatic heterocycles. The highest BCUT2D eigenvalue weighted by molar-refractivity contribution is 9.10. The zero-order valence-electron chi connectivity index (χ0n) is 9.58. The van der Waals surface area contributed by atoms with Gasteiger partial charge < -0.3 is 11.1 Å². The van der Waals surface area contributed by atoms with Gasteiger partial charge in [0.25, 0.3) is 5.91 Å². The minimum absolute atomic E-state index is 0.0760. The highest BCUT2D eigenvalue weighted by Gasteiger charge is 2.15. The van der Waals surface area contributed by atoms with Crippen LogP contribution in [0, 0.1) is 5.82 Å². The van der Waals surface area contributed by atoms with Crippen LogP contribution in [0.25, 0.3) is 0 Å². The molecule has 3 nitrogen and oxygen atoms in total. The predicted octanol–water partition coefficient (Wildman–Crippen LogP) is 4.08. The summed E-state index contributed by atoms with van der Waals surface area (Å²) in [5.41, 5.74) is 6.32. The maximum absolute atomic E-state index is 13.8. The number of carbonyl (C=O) groups is 1. The van der Waals surface area contributed by atoms with Crippen molar-refractivity contribution in [2.75, 3.05) is 11.1 Å². The normalized spacial score (nSPS) is 10.3. The van der Waals surface area contributed by atoms with Crippen LogP contribution in [-0.4, -0.2) is 5.91 Å². The Labute approximate surface area is 122 Å². The molecule has 2 aromatic carbocycles. The van der Waals surface area contributed by atoms with Gasteiger partial charge in [-0.1, -0.05) is 17.7 Å². The summed E-state index contributed by atoms with van der Waals surface area (Å²) in [7, 11) is 0. The number of nitrogens with one attached hydrogen (secondary N) is 1. The first-order chi connectivity index (χ1) is 8.99. The van der Waals surface area contributed by atoms with Crippen LogP contribution in [0.5, 0.6) is 0 Å². The lowest BCUT2D eigenvalue weighted by Gasteiger charge is -2.09. The molecule has 3 N–H and O–H groups in total. The molecule has 0 saturated heterocycles. The number of halogens is 3. The molecular weight excluding hydrogens is 335 g/mol. The molecular formula is C13H9BrClFN2O. The summed E-state index contributed by atoms with van der Waals surface area (Å²) in [6.07, 6.45) is 0. The Balaban J connectivity index is 2.31. The van der Waals surface area contributed by atoms with Crippen molar-refractivity contribution < 1.29 is 9.18 Å². The van der Waals surface area contributed by atoms with Crippen LogP contribution >= 0.6 is 27.5 Å². The third kappa shape index (κ3) is 3.05. The molecule has 0 radical (unpaired) electrons. The maximum Gasteiger partial charge on any atom is 0.258 e. The fourth-order valence-corrected chi connectivity index (χ4v) is 2.04. The maximum atomic E-state index is 13.8. The third-order valence-corrected chi connectivity index (χ3v) is 3.38. The number of hydrogen-bond acceptors (Lipinski definition) is 2. The van der Waals surface area contributed by atoms with Gasteiger partial charge in [0.2, 0.25) is 0 Å². The molecule has 0 spiro atoms. The molecule has 0 saturated carbocycles. The van der Waals surface area contributed by atoms with E-state index in [0.29, 0.717) is 16.4 Å². The quantitative estimate of drug-likeness (QED) is 0.807. The lowest BCUT2D eigenvalue weighted by molar-refractivity contribution is 0.102. The number of carbonyl (C=O) groups excluding carboxylic acids is 1. The second-order valence-corrected chi connectivity index (χ2v) is 5.06. The molecule has 1 amide bonds. The summed E-state index contributed by atoms with van der Waals surface area (Å²) in [6, 6.07) is 9.15. The van der Waals surface area contributed by atoms with E-state index in [-0.39, 0.29) is 10.0 Å². The standard InChI is InChI=1S/C13H9BrClFN2O/c14-9-3-1-2-8(12(9)16)13(19)18-11-6-7(17)4-5-10(11)15/h1-6H,17H2,(H,18,19). The van der Waals surface area contributed by atoms with E-state index in [1.54, 1.807) is 18.2 Å². The van der Waals surface area contributed by atoms with Crippen LogP contribution in [0.4, 0.5) is 15.8 Å². The van der Waals surface area contributed by atoms with Crippen LogP contribution in [0.1, 0.15) is 10.4 Å². The molecule has 2 aromatic rings. The Morgan fingerprint density at radius 1 is 1.32 bits per heavy atom. The van der Waals surface area contributed by atoms with Gasteiger partial charge in [0.05, 0.1) is 20.7 Å². The SMILES string of the molecule is Nc1ccc(Cl)c(NC(=O)c2cccc(Br)c2F)c1. The van der Waals surface area contributed by atoms with E-state index < -0.39 is 11.7 Å². The first-order valence-electron chi connectivity index (χ1n) is 5.29. The van der Waals surface area contributed by atoms with Gasteiger partial charge in [-0.2, -0.15) is 0 Å². The molecule has 0 aliphatic carbocycles. The van der Waals surface area contributed by atoms with Crippen molar-refractivity contribution in [1.29, 1.82) is 0 Å². The summed E-state index contributed by atoms with van der Waals surface area (Å²) in [5, 5.41) is 2.86. The Bertz CT molecular complexity index is 649. The second kappa shape index (κ2) is 5.59. The van der Waals surface area contributed by atoms with Crippen LogP contribution in [0.15, 0.2) is 40.9 Å². The third-order valence-electron chi connectivity index (χ3n) is 2.43. The molecule has 0 atom stereocenters. The van der Waals surface area contributed by atoms with Crippen molar-refractivity contribution in [3.63, 3.8) is 0 Å².